The summed E-state index contributed by atoms with van der Waals surface area (Å²) in [4.78, 5) is 0. The molecule has 0 spiro atoms. The van der Waals surface area contributed by atoms with Gasteiger partial charge in [0.25, 0.3) is 0 Å². The lowest BCUT2D eigenvalue weighted by atomic mass is 9.73. The molecule has 31 heavy (non-hydrogen) atoms. The van der Waals surface area contributed by atoms with Crippen LogP contribution in [-0.2, 0) is 6.11 Å². The molecule has 4 rings (SSSR count). The van der Waals surface area contributed by atoms with Gasteiger partial charge in [-0.15, -0.1) is 0 Å². The largest absolute Gasteiger partial charge is 0.432 e. The predicted octanol–water partition coefficient (Wildman–Crippen LogP) is 8.35. The molecule has 0 amide bonds. The third-order valence-electron chi connectivity index (χ3n) is 6.80. The van der Waals surface area contributed by atoms with Crippen LogP contribution in [-0.4, -0.2) is 0 Å². The molecule has 0 aromatic heterocycles. The van der Waals surface area contributed by atoms with Crippen LogP contribution >= 0.6 is 11.6 Å². The third kappa shape index (κ3) is 4.84. The minimum atomic E-state index is -4.31. The summed E-state index contributed by atoms with van der Waals surface area (Å²) in [5, 5.41) is -0.278. The molecule has 0 unspecified atom stereocenters. The van der Waals surface area contributed by atoms with Crippen molar-refractivity contribution in [2.45, 2.75) is 63.4 Å². The van der Waals surface area contributed by atoms with E-state index in [-0.39, 0.29) is 10.9 Å². The smallest absolute Gasteiger partial charge is 0.429 e. The van der Waals surface area contributed by atoms with E-state index in [4.69, 9.17) is 11.6 Å². The molecule has 2 aliphatic carbocycles. The fraction of sp³-hybridized carbons (Fsp3) is 0.500. The SMILES string of the molecule is Fc1cc(OC(F)(F)c2c(F)cc(C3CCC(C4CCCC4)CC3)cc2F)ccc1Cl. The van der Waals surface area contributed by atoms with Gasteiger partial charge in [-0.25, -0.2) is 13.2 Å². The van der Waals surface area contributed by atoms with Crippen molar-refractivity contribution in [1.82, 2.24) is 0 Å². The molecule has 0 saturated heterocycles. The van der Waals surface area contributed by atoms with Crippen molar-refractivity contribution in [3.05, 3.63) is 63.9 Å². The van der Waals surface area contributed by atoms with Gasteiger partial charge in [-0.2, -0.15) is 8.78 Å². The van der Waals surface area contributed by atoms with Crippen LogP contribution in [0, 0.1) is 29.3 Å². The van der Waals surface area contributed by atoms with Crippen molar-refractivity contribution < 1.29 is 26.7 Å². The van der Waals surface area contributed by atoms with Crippen LogP contribution in [0.15, 0.2) is 30.3 Å². The maximum atomic E-state index is 14.6. The molecule has 0 bridgehead atoms. The maximum absolute atomic E-state index is 14.6. The summed E-state index contributed by atoms with van der Waals surface area (Å²) in [6.45, 7) is 0. The minimum Gasteiger partial charge on any atom is -0.429 e. The van der Waals surface area contributed by atoms with Crippen LogP contribution in [0.5, 0.6) is 5.75 Å². The van der Waals surface area contributed by atoms with Gasteiger partial charge in [-0.1, -0.05) is 37.3 Å². The number of alkyl halides is 2. The zero-order chi connectivity index (χ0) is 22.2. The van der Waals surface area contributed by atoms with E-state index in [2.05, 4.69) is 4.74 Å². The Bertz CT molecular complexity index is 911. The molecule has 2 fully saturated rings. The van der Waals surface area contributed by atoms with Gasteiger partial charge >= 0.3 is 6.11 Å². The Labute approximate surface area is 183 Å². The van der Waals surface area contributed by atoms with E-state index in [0.717, 1.165) is 55.9 Å². The molecule has 0 radical (unpaired) electrons. The van der Waals surface area contributed by atoms with Crippen LogP contribution in [0.2, 0.25) is 5.02 Å². The van der Waals surface area contributed by atoms with Crippen molar-refractivity contribution >= 4 is 11.6 Å². The zero-order valence-electron chi connectivity index (χ0n) is 17.0. The summed E-state index contributed by atoms with van der Waals surface area (Å²) in [5.41, 5.74) is -1.08. The van der Waals surface area contributed by atoms with Crippen molar-refractivity contribution in [2.75, 3.05) is 0 Å². The van der Waals surface area contributed by atoms with Crippen molar-refractivity contribution in [1.29, 1.82) is 0 Å². The fourth-order valence-corrected chi connectivity index (χ4v) is 5.32. The monoisotopic (exact) mass is 458 g/mol. The first kappa shape index (κ1) is 22.4. The molecule has 2 aliphatic rings. The van der Waals surface area contributed by atoms with Crippen LogP contribution in [0.1, 0.15) is 68.4 Å². The number of ether oxygens (including phenoxy) is 1. The van der Waals surface area contributed by atoms with Crippen LogP contribution in [0.25, 0.3) is 0 Å². The molecule has 0 heterocycles. The number of rotatable bonds is 5. The summed E-state index contributed by atoms with van der Waals surface area (Å²) >= 11 is 5.52. The van der Waals surface area contributed by atoms with Gasteiger partial charge in [0.15, 0.2) is 0 Å². The second kappa shape index (κ2) is 8.97. The molecule has 0 atom stereocenters. The van der Waals surface area contributed by atoms with E-state index in [1.807, 2.05) is 0 Å². The Hall–Kier alpha value is -1.82. The molecular weight excluding hydrogens is 435 g/mol. The maximum Gasteiger partial charge on any atom is 0.432 e. The van der Waals surface area contributed by atoms with E-state index in [9.17, 15) is 22.0 Å². The normalized spacial score (nSPS) is 22.6. The number of benzene rings is 2. The molecule has 2 aromatic rings. The molecule has 0 aliphatic heterocycles. The van der Waals surface area contributed by atoms with Gasteiger partial charge in [0.1, 0.15) is 28.8 Å². The lowest BCUT2D eigenvalue weighted by Crippen LogP contribution is -2.26. The van der Waals surface area contributed by atoms with E-state index in [1.165, 1.54) is 25.7 Å². The highest BCUT2D eigenvalue weighted by atomic mass is 35.5. The number of halogens is 6. The molecule has 2 aromatic carbocycles. The fourth-order valence-electron chi connectivity index (χ4n) is 5.20. The van der Waals surface area contributed by atoms with E-state index < -0.39 is 34.9 Å². The van der Waals surface area contributed by atoms with Crippen LogP contribution in [0.4, 0.5) is 22.0 Å². The van der Waals surface area contributed by atoms with Gasteiger partial charge in [0.05, 0.1) is 5.02 Å². The van der Waals surface area contributed by atoms with Gasteiger partial charge in [0.2, 0.25) is 0 Å². The lowest BCUT2D eigenvalue weighted by Gasteiger charge is -2.32. The average molecular weight is 459 g/mol. The highest BCUT2D eigenvalue weighted by Gasteiger charge is 2.42. The number of hydrogen-bond acceptors (Lipinski definition) is 1. The second-order valence-corrected chi connectivity index (χ2v) is 9.12. The quantitative estimate of drug-likeness (QED) is 0.409. The van der Waals surface area contributed by atoms with Gasteiger partial charge < -0.3 is 4.74 Å². The van der Waals surface area contributed by atoms with E-state index in [1.54, 1.807) is 0 Å². The minimum absolute atomic E-state index is 0.0457. The number of hydrogen-bond donors (Lipinski definition) is 0. The Kier molecular flexibility index (Phi) is 6.47. The standard InChI is InChI=1S/C24H24ClF5O/c25-19-10-9-18(13-20(19)26)31-24(29,30)23-21(27)11-17(12-22(23)28)16-7-5-15(6-8-16)14-3-1-2-4-14/h9-16H,1-8H2. The Morgan fingerprint density at radius 3 is 1.94 bits per heavy atom. The summed E-state index contributed by atoms with van der Waals surface area (Å²) in [6.07, 6.45) is 4.38. The summed E-state index contributed by atoms with van der Waals surface area (Å²) < 4.78 is 76.3. The topological polar surface area (TPSA) is 9.23 Å². The van der Waals surface area contributed by atoms with Crippen LogP contribution < -0.4 is 4.74 Å². The highest BCUT2D eigenvalue weighted by Crippen LogP contribution is 2.45. The van der Waals surface area contributed by atoms with Crippen molar-refractivity contribution in [3.63, 3.8) is 0 Å². The average Bonchev–Trinajstić information content (AvgIpc) is 3.25. The van der Waals surface area contributed by atoms with Gasteiger partial charge in [-0.3, -0.25) is 0 Å². The zero-order valence-corrected chi connectivity index (χ0v) is 17.7. The summed E-state index contributed by atoms with van der Waals surface area (Å²) in [7, 11) is 0. The lowest BCUT2D eigenvalue weighted by molar-refractivity contribution is -0.189. The first-order chi connectivity index (χ1) is 14.7. The van der Waals surface area contributed by atoms with Gasteiger partial charge in [-0.05, 0) is 73.3 Å². The molecular formula is C24H24ClF5O. The first-order valence-electron chi connectivity index (χ1n) is 10.8. The Morgan fingerprint density at radius 1 is 0.774 bits per heavy atom. The summed E-state index contributed by atoms with van der Waals surface area (Å²) in [5.74, 6) is -2.93. The molecule has 2 saturated carbocycles. The van der Waals surface area contributed by atoms with Crippen molar-refractivity contribution in [2.24, 2.45) is 11.8 Å². The van der Waals surface area contributed by atoms with Crippen LogP contribution in [0.3, 0.4) is 0 Å². The van der Waals surface area contributed by atoms with Crippen molar-refractivity contribution in [3.8, 4) is 5.75 Å². The molecule has 0 N–H and O–H groups in total. The van der Waals surface area contributed by atoms with E-state index >= 15 is 0 Å². The molecule has 1 nitrogen and oxygen atoms in total. The third-order valence-corrected chi connectivity index (χ3v) is 7.11. The highest BCUT2D eigenvalue weighted by molar-refractivity contribution is 6.30. The first-order valence-corrected chi connectivity index (χ1v) is 11.1. The predicted molar refractivity (Wildman–Crippen MR) is 109 cm³/mol. The second-order valence-electron chi connectivity index (χ2n) is 8.71. The molecule has 168 valence electrons. The Morgan fingerprint density at radius 2 is 1.35 bits per heavy atom. The Balaban J connectivity index is 1.49. The van der Waals surface area contributed by atoms with Gasteiger partial charge in [0, 0.05) is 6.07 Å². The molecule has 7 heteroatoms. The summed E-state index contributed by atoms with van der Waals surface area (Å²) in [6, 6.07) is 4.65. The van der Waals surface area contributed by atoms with E-state index in [0.29, 0.717) is 17.5 Å².